The van der Waals surface area contributed by atoms with Crippen molar-refractivity contribution in [1.29, 1.82) is 0 Å². The minimum absolute atomic E-state index is 0.696. The molecule has 0 radical (unpaired) electrons. The molecule has 0 aliphatic rings. The Balaban J connectivity index is 2.33. The molecular formula is C16H16ClN3. The molecule has 0 aliphatic carbocycles. The van der Waals surface area contributed by atoms with Gasteiger partial charge in [0.1, 0.15) is 5.82 Å². The van der Waals surface area contributed by atoms with Gasteiger partial charge in [-0.05, 0) is 43.7 Å². The van der Waals surface area contributed by atoms with Gasteiger partial charge >= 0.3 is 0 Å². The summed E-state index contributed by atoms with van der Waals surface area (Å²) in [5.41, 5.74) is 11.0. The Morgan fingerprint density at radius 2 is 2.05 bits per heavy atom. The minimum atomic E-state index is 0.696. The van der Waals surface area contributed by atoms with E-state index in [1.165, 1.54) is 0 Å². The molecule has 20 heavy (non-hydrogen) atoms. The van der Waals surface area contributed by atoms with Gasteiger partial charge in [-0.15, -0.1) is 0 Å². The summed E-state index contributed by atoms with van der Waals surface area (Å²) < 4.78 is 2.16. The van der Waals surface area contributed by atoms with E-state index in [4.69, 9.17) is 22.3 Å². The number of hydrogen-bond donors (Lipinski definition) is 1. The second-order valence-electron chi connectivity index (χ2n) is 4.85. The van der Waals surface area contributed by atoms with Crippen LogP contribution in [0.1, 0.15) is 12.5 Å². The number of para-hydroxylation sites is 1. The first-order chi connectivity index (χ1) is 9.61. The molecular weight excluding hydrogens is 270 g/mol. The van der Waals surface area contributed by atoms with Crippen molar-refractivity contribution in [2.45, 2.75) is 20.4 Å². The summed E-state index contributed by atoms with van der Waals surface area (Å²) in [7, 11) is 0. The monoisotopic (exact) mass is 285 g/mol. The van der Waals surface area contributed by atoms with Gasteiger partial charge in [0, 0.05) is 22.8 Å². The average Bonchev–Trinajstić information content (AvgIpc) is 2.79. The molecule has 0 atom stereocenters. The van der Waals surface area contributed by atoms with Gasteiger partial charge in [0.25, 0.3) is 0 Å². The summed E-state index contributed by atoms with van der Waals surface area (Å²) in [4.78, 5) is 4.72. The summed E-state index contributed by atoms with van der Waals surface area (Å²) in [6.45, 7) is 4.95. The fourth-order valence-electron chi connectivity index (χ4n) is 2.50. The second-order valence-corrected chi connectivity index (χ2v) is 5.29. The van der Waals surface area contributed by atoms with E-state index in [1.54, 1.807) is 0 Å². The summed E-state index contributed by atoms with van der Waals surface area (Å²) in [6, 6.07) is 11.8. The van der Waals surface area contributed by atoms with Crippen LogP contribution in [-0.4, -0.2) is 9.55 Å². The number of nitrogen functional groups attached to an aromatic ring is 1. The summed E-state index contributed by atoms with van der Waals surface area (Å²) >= 11 is 6.05. The Kier molecular flexibility index (Phi) is 3.14. The van der Waals surface area contributed by atoms with Crippen molar-refractivity contribution in [2.75, 3.05) is 5.73 Å². The molecule has 102 valence electrons. The number of nitrogens with two attached hydrogens (primary N) is 1. The van der Waals surface area contributed by atoms with E-state index in [2.05, 4.69) is 11.5 Å². The van der Waals surface area contributed by atoms with Gasteiger partial charge in [0.05, 0.1) is 11.0 Å². The molecule has 3 aromatic rings. The first-order valence-corrected chi connectivity index (χ1v) is 7.01. The van der Waals surface area contributed by atoms with Crippen LogP contribution in [0.25, 0.3) is 22.4 Å². The molecule has 0 fully saturated rings. The summed E-state index contributed by atoms with van der Waals surface area (Å²) in [5, 5.41) is 0.696. The van der Waals surface area contributed by atoms with Crippen LogP contribution in [0.4, 0.5) is 5.69 Å². The maximum atomic E-state index is 6.21. The standard InChI is InChI=1S/C16H16ClN3/c1-3-20-14-8-7-11(17)9-13(14)19-16(20)12-6-4-5-10(2)15(12)18/h4-9H,3,18H2,1-2H3. The molecule has 2 N–H and O–H groups in total. The van der Waals surface area contributed by atoms with E-state index in [0.29, 0.717) is 5.02 Å². The van der Waals surface area contributed by atoms with Crippen molar-refractivity contribution in [3.05, 3.63) is 47.0 Å². The van der Waals surface area contributed by atoms with Gasteiger partial charge in [-0.3, -0.25) is 0 Å². The molecule has 2 aromatic carbocycles. The topological polar surface area (TPSA) is 43.8 Å². The lowest BCUT2D eigenvalue weighted by Gasteiger charge is -2.10. The first-order valence-electron chi connectivity index (χ1n) is 6.63. The molecule has 1 aromatic heterocycles. The van der Waals surface area contributed by atoms with Crippen LogP contribution >= 0.6 is 11.6 Å². The predicted octanol–water partition coefficient (Wildman–Crippen LogP) is 4.27. The fraction of sp³-hybridized carbons (Fsp3) is 0.188. The SMILES string of the molecule is CCn1c(-c2cccc(C)c2N)nc2cc(Cl)ccc21. The Morgan fingerprint density at radius 3 is 2.80 bits per heavy atom. The van der Waals surface area contributed by atoms with Crippen LogP contribution in [0, 0.1) is 6.92 Å². The minimum Gasteiger partial charge on any atom is -0.398 e. The van der Waals surface area contributed by atoms with E-state index in [1.807, 2.05) is 43.3 Å². The normalized spacial score (nSPS) is 11.2. The number of halogens is 1. The molecule has 3 rings (SSSR count). The van der Waals surface area contributed by atoms with Gasteiger partial charge in [0.2, 0.25) is 0 Å². The van der Waals surface area contributed by atoms with Crippen molar-refractivity contribution < 1.29 is 0 Å². The van der Waals surface area contributed by atoms with Gasteiger partial charge < -0.3 is 10.3 Å². The highest BCUT2D eigenvalue weighted by atomic mass is 35.5. The van der Waals surface area contributed by atoms with Crippen molar-refractivity contribution in [1.82, 2.24) is 9.55 Å². The maximum Gasteiger partial charge on any atom is 0.143 e. The van der Waals surface area contributed by atoms with E-state index in [9.17, 15) is 0 Å². The largest absolute Gasteiger partial charge is 0.398 e. The van der Waals surface area contributed by atoms with Crippen molar-refractivity contribution in [3.8, 4) is 11.4 Å². The Morgan fingerprint density at radius 1 is 1.25 bits per heavy atom. The van der Waals surface area contributed by atoms with Crippen molar-refractivity contribution in [3.63, 3.8) is 0 Å². The smallest absolute Gasteiger partial charge is 0.143 e. The summed E-state index contributed by atoms with van der Waals surface area (Å²) in [6.07, 6.45) is 0. The molecule has 0 saturated carbocycles. The highest BCUT2D eigenvalue weighted by Gasteiger charge is 2.14. The Labute approximate surface area is 123 Å². The molecule has 3 nitrogen and oxygen atoms in total. The zero-order valence-electron chi connectivity index (χ0n) is 11.5. The highest BCUT2D eigenvalue weighted by molar-refractivity contribution is 6.31. The van der Waals surface area contributed by atoms with Gasteiger partial charge in [-0.1, -0.05) is 23.7 Å². The highest BCUT2D eigenvalue weighted by Crippen LogP contribution is 2.31. The Hall–Kier alpha value is -2.00. The molecule has 0 unspecified atom stereocenters. The van der Waals surface area contributed by atoms with E-state index in [-0.39, 0.29) is 0 Å². The predicted molar refractivity (Wildman–Crippen MR) is 85.0 cm³/mol. The van der Waals surface area contributed by atoms with Crippen LogP contribution < -0.4 is 5.73 Å². The molecule has 4 heteroatoms. The van der Waals surface area contributed by atoms with E-state index >= 15 is 0 Å². The summed E-state index contributed by atoms with van der Waals surface area (Å²) in [5.74, 6) is 0.894. The van der Waals surface area contributed by atoms with Crippen LogP contribution in [-0.2, 0) is 6.54 Å². The number of aryl methyl sites for hydroxylation is 2. The number of rotatable bonds is 2. The van der Waals surface area contributed by atoms with Crippen LogP contribution in [0.5, 0.6) is 0 Å². The number of nitrogens with zero attached hydrogens (tertiary/aromatic N) is 2. The van der Waals surface area contributed by atoms with Crippen molar-refractivity contribution in [2.24, 2.45) is 0 Å². The lowest BCUT2D eigenvalue weighted by atomic mass is 10.1. The van der Waals surface area contributed by atoms with Crippen LogP contribution in [0.15, 0.2) is 36.4 Å². The lowest BCUT2D eigenvalue weighted by Crippen LogP contribution is -2.01. The molecule has 0 aliphatic heterocycles. The van der Waals surface area contributed by atoms with E-state index < -0.39 is 0 Å². The number of imidazole rings is 1. The van der Waals surface area contributed by atoms with Crippen LogP contribution in [0.2, 0.25) is 5.02 Å². The first kappa shape index (κ1) is 13.0. The van der Waals surface area contributed by atoms with E-state index in [0.717, 1.165) is 40.2 Å². The third kappa shape index (κ3) is 1.95. The molecule has 0 spiro atoms. The van der Waals surface area contributed by atoms with Gasteiger partial charge in [-0.25, -0.2) is 4.98 Å². The molecule has 0 amide bonds. The number of anilines is 1. The average molecular weight is 286 g/mol. The molecule has 0 saturated heterocycles. The number of aromatic nitrogens is 2. The Bertz CT molecular complexity index is 790. The zero-order valence-corrected chi connectivity index (χ0v) is 12.3. The fourth-order valence-corrected chi connectivity index (χ4v) is 2.67. The molecule has 0 bridgehead atoms. The maximum absolute atomic E-state index is 6.21. The zero-order chi connectivity index (χ0) is 14.3. The van der Waals surface area contributed by atoms with Gasteiger partial charge in [0.15, 0.2) is 0 Å². The number of hydrogen-bond acceptors (Lipinski definition) is 2. The van der Waals surface area contributed by atoms with Gasteiger partial charge in [-0.2, -0.15) is 0 Å². The third-order valence-corrected chi connectivity index (χ3v) is 3.83. The quantitative estimate of drug-likeness (QED) is 0.715. The number of benzene rings is 2. The van der Waals surface area contributed by atoms with Crippen molar-refractivity contribution >= 4 is 28.3 Å². The number of fused-ring (bicyclic) bond motifs is 1. The third-order valence-electron chi connectivity index (χ3n) is 3.59. The molecule has 1 heterocycles. The lowest BCUT2D eigenvalue weighted by molar-refractivity contribution is 0.796. The van der Waals surface area contributed by atoms with Crippen LogP contribution in [0.3, 0.4) is 0 Å². The second kappa shape index (κ2) is 4.84.